The van der Waals surface area contributed by atoms with E-state index in [0.29, 0.717) is 19.5 Å². The molecule has 5 heteroatoms. The van der Waals surface area contributed by atoms with Crippen molar-refractivity contribution in [3.63, 3.8) is 0 Å². The fraction of sp³-hybridized carbons (Fsp3) is 0.667. The van der Waals surface area contributed by atoms with Gasteiger partial charge < -0.3 is 20.3 Å². The topological polar surface area (TPSA) is 68.4 Å². The van der Waals surface area contributed by atoms with Crippen molar-refractivity contribution in [2.24, 2.45) is 5.92 Å². The summed E-state index contributed by atoms with van der Waals surface area (Å²) in [6.45, 7) is 5.35. The van der Waals surface area contributed by atoms with Crippen LogP contribution in [0, 0.1) is 5.92 Å². The van der Waals surface area contributed by atoms with Gasteiger partial charge in [-0.3, -0.25) is 4.79 Å². The number of hydrogen-bond acceptors (Lipinski definition) is 3. The summed E-state index contributed by atoms with van der Waals surface area (Å²) in [6, 6.07) is 3.75. The first-order valence-electron chi connectivity index (χ1n) is 7.43. The first-order valence-corrected chi connectivity index (χ1v) is 7.43. The lowest BCUT2D eigenvalue weighted by molar-refractivity contribution is -0.121. The highest BCUT2D eigenvalue weighted by Crippen LogP contribution is 2.15. The van der Waals surface area contributed by atoms with Crippen LogP contribution >= 0.6 is 0 Å². The van der Waals surface area contributed by atoms with Gasteiger partial charge in [0.15, 0.2) is 0 Å². The number of nitrogens with one attached hydrogen (secondary N) is 2. The van der Waals surface area contributed by atoms with Gasteiger partial charge in [0.2, 0.25) is 5.91 Å². The number of aliphatic hydroxyl groups is 1. The van der Waals surface area contributed by atoms with Crippen molar-refractivity contribution >= 4 is 5.91 Å². The molecule has 0 aliphatic carbocycles. The minimum absolute atomic E-state index is 0.0567. The van der Waals surface area contributed by atoms with Gasteiger partial charge in [0.05, 0.1) is 12.5 Å². The zero-order chi connectivity index (χ0) is 14.4. The lowest BCUT2D eigenvalue weighted by atomic mass is 9.99. The highest BCUT2D eigenvalue weighted by Gasteiger charge is 2.18. The quantitative estimate of drug-likeness (QED) is 0.720. The Kier molecular flexibility index (Phi) is 5.61. The number of amides is 1. The van der Waals surface area contributed by atoms with Gasteiger partial charge in [-0.15, -0.1) is 0 Å². The van der Waals surface area contributed by atoms with Crippen molar-refractivity contribution < 1.29 is 9.90 Å². The van der Waals surface area contributed by atoms with E-state index in [4.69, 9.17) is 0 Å². The zero-order valence-electron chi connectivity index (χ0n) is 12.1. The van der Waals surface area contributed by atoms with Gasteiger partial charge in [-0.2, -0.15) is 0 Å². The van der Waals surface area contributed by atoms with Crippen LogP contribution in [-0.4, -0.2) is 53.2 Å². The Labute approximate surface area is 120 Å². The van der Waals surface area contributed by atoms with Crippen LogP contribution < -0.4 is 5.32 Å². The molecule has 1 unspecified atom stereocenters. The number of aromatic amines is 1. The molecule has 5 nitrogen and oxygen atoms in total. The highest BCUT2D eigenvalue weighted by molar-refractivity contribution is 5.78. The molecule has 0 radical (unpaired) electrons. The van der Waals surface area contributed by atoms with E-state index in [2.05, 4.69) is 22.1 Å². The van der Waals surface area contributed by atoms with Gasteiger partial charge in [-0.05, 0) is 44.0 Å². The average molecular weight is 279 g/mol. The highest BCUT2D eigenvalue weighted by atomic mass is 16.3. The second-order valence-electron chi connectivity index (χ2n) is 5.81. The van der Waals surface area contributed by atoms with Crippen molar-refractivity contribution in [3.05, 3.63) is 24.0 Å². The van der Waals surface area contributed by atoms with E-state index in [1.165, 1.54) is 12.8 Å². The molecule has 3 N–H and O–H groups in total. The second kappa shape index (κ2) is 7.45. The molecule has 0 spiro atoms. The zero-order valence-corrected chi connectivity index (χ0v) is 12.1. The van der Waals surface area contributed by atoms with Crippen LogP contribution in [0.4, 0.5) is 0 Å². The Balaban J connectivity index is 1.62. The number of β-amino-alcohol motifs (C(OH)–C–C–N with tert-alkyl or cyclic N) is 1. The molecule has 1 aromatic rings. The molecule has 1 atom stereocenters. The van der Waals surface area contributed by atoms with E-state index in [1.807, 2.05) is 12.1 Å². The molecule has 20 heavy (non-hydrogen) atoms. The number of nitrogens with zero attached hydrogens (tertiary/aromatic N) is 1. The fourth-order valence-corrected chi connectivity index (χ4v) is 2.55. The number of piperidine rings is 1. The van der Waals surface area contributed by atoms with E-state index >= 15 is 0 Å². The normalized spacial score (nSPS) is 18.9. The summed E-state index contributed by atoms with van der Waals surface area (Å²) in [5.74, 6) is 0.739. The Morgan fingerprint density at radius 1 is 1.55 bits per heavy atom. The molecule has 0 aromatic carbocycles. The number of rotatable bonds is 6. The maximum Gasteiger partial charge on any atom is 0.226 e. The van der Waals surface area contributed by atoms with Crippen molar-refractivity contribution in [1.29, 1.82) is 0 Å². The summed E-state index contributed by atoms with van der Waals surface area (Å²) in [4.78, 5) is 17.0. The maximum absolute atomic E-state index is 11.7. The van der Waals surface area contributed by atoms with E-state index < -0.39 is 6.10 Å². The van der Waals surface area contributed by atoms with Gasteiger partial charge in [-0.25, -0.2) is 0 Å². The van der Waals surface area contributed by atoms with Crippen molar-refractivity contribution in [2.45, 2.75) is 32.3 Å². The molecule has 2 rings (SSSR count). The Hall–Kier alpha value is -1.33. The van der Waals surface area contributed by atoms with E-state index in [0.717, 1.165) is 24.7 Å². The molecular weight excluding hydrogens is 254 g/mol. The second-order valence-corrected chi connectivity index (χ2v) is 5.81. The SMILES string of the molecule is CC1CCN(CC(O)CNC(=O)Cc2ccc[nH]2)CC1. The van der Waals surface area contributed by atoms with Gasteiger partial charge in [0.1, 0.15) is 0 Å². The number of aliphatic hydroxyl groups excluding tert-OH is 1. The fourth-order valence-electron chi connectivity index (χ4n) is 2.55. The number of H-pyrrole nitrogens is 1. The molecule has 1 saturated heterocycles. The van der Waals surface area contributed by atoms with Gasteiger partial charge in [0, 0.05) is 25.0 Å². The molecule has 1 aromatic heterocycles. The molecule has 2 heterocycles. The summed E-state index contributed by atoms with van der Waals surface area (Å²) in [6.07, 6.45) is 4.05. The number of carbonyl (C=O) groups excluding carboxylic acids is 1. The molecule has 1 fully saturated rings. The van der Waals surface area contributed by atoms with Crippen LogP contribution in [-0.2, 0) is 11.2 Å². The smallest absolute Gasteiger partial charge is 0.226 e. The lowest BCUT2D eigenvalue weighted by Crippen LogP contribution is -2.43. The van der Waals surface area contributed by atoms with Crippen molar-refractivity contribution in [2.75, 3.05) is 26.2 Å². The largest absolute Gasteiger partial charge is 0.390 e. The lowest BCUT2D eigenvalue weighted by Gasteiger charge is -2.31. The maximum atomic E-state index is 11.7. The Morgan fingerprint density at radius 2 is 2.30 bits per heavy atom. The minimum Gasteiger partial charge on any atom is -0.390 e. The van der Waals surface area contributed by atoms with Gasteiger partial charge in [-0.1, -0.05) is 6.92 Å². The van der Waals surface area contributed by atoms with Crippen molar-refractivity contribution in [1.82, 2.24) is 15.2 Å². The van der Waals surface area contributed by atoms with E-state index in [9.17, 15) is 9.90 Å². The first-order chi connectivity index (χ1) is 9.63. The number of likely N-dealkylation sites (tertiary alicyclic amines) is 1. The monoisotopic (exact) mass is 279 g/mol. The van der Waals surface area contributed by atoms with E-state index in [1.54, 1.807) is 6.20 Å². The average Bonchev–Trinajstić information content (AvgIpc) is 2.92. The molecular formula is C15H25N3O2. The van der Waals surface area contributed by atoms with Gasteiger partial charge >= 0.3 is 0 Å². The van der Waals surface area contributed by atoms with Crippen LogP contribution in [0.3, 0.4) is 0 Å². The van der Waals surface area contributed by atoms with E-state index in [-0.39, 0.29) is 5.91 Å². The number of aromatic nitrogens is 1. The molecule has 1 aliphatic rings. The summed E-state index contributed by atoms with van der Waals surface area (Å²) < 4.78 is 0. The first kappa shape index (κ1) is 15.1. The molecule has 0 bridgehead atoms. The third-order valence-electron chi connectivity index (χ3n) is 3.89. The summed E-state index contributed by atoms with van der Waals surface area (Å²) >= 11 is 0. The van der Waals surface area contributed by atoms with Crippen LogP contribution in [0.25, 0.3) is 0 Å². The summed E-state index contributed by atoms with van der Waals surface area (Å²) in [7, 11) is 0. The van der Waals surface area contributed by atoms with Crippen LogP contribution in [0.1, 0.15) is 25.5 Å². The number of hydrogen-bond donors (Lipinski definition) is 3. The predicted molar refractivity (Wildman–Crippen MR) is 78.4 cm³/mol. The number of carbonyl (C=O) groups is 1. The van der Waals surface area contributed by atoms with Gasteiger partial charge in [0.25, 0.3) is 0 Å². The summed E-state index contributed by atoms with van der Waals surface area (Å²) in [5, 5.41) is 12.8. The summed E-state index contributed by atoms with van der Waals surface area (Å²) in [5.41, 5.74) is 0.891. The Bertz CT molecular complexity index is 397. The molecule has 0 saturated carbocycles. The molecule has 1 amide bonds. The van der Waals surface area contributed by atoms with Crippen LogP contribution in [0.15, 0.2) is 18.3 Å². The predicted octanol–water partition coefficient (Wildman–Crippen LogP) is 0.766. The van der Waals surface area contributed by atoms with Crippen molar-refractivity contribution in [3.8, 4) is 0 Å². The minimum atomic E-state index is -0.490. The Morgan fingerprint density at radius 3 is 2.95 bits per heavy atom. The standard InChI is InChI=1S/C15H25N3O2/c1-12-4-7-18(8-5-12)11-14(19)10-17-15(20)9-13-3-2-6-16-13/h2-3,6,12,14,16,19H,4-5,7-11H2,1H3,(H,17,20). The third-order valence-corrected chi connectivity index (χ3v) is 3.89. The molecule has 1 aliphatic heterocycles. The molecule has 112 valence electrons. The van der Waals surface area contributed by atoms with Crippen LogP contribution in [0.2, 0.25) is 0 Å². The van der Waals surface area contributed by atoms with Crippen LogP contribution in [0.5, 0.6) is 0 Å². The third kappa shape index (κ3) is 4.98.